The van der Waals surface area contributed by atoms with Gasteiger partial charge in [0, 0.05) is 5.02 Å². The number of hydrogen-bond acceptors (Lipinski definition) is 2. The van der Waals surface area contributed by atoms with Crippen molar-refractivity contribution in [3.8, 4) is 0 Å². The fraction of sp³-hybridized carbons (Fsp3) is 0.100. The summed E-state index contributed by atoms with van der Waals surface area (Å²) >= 11 is 6.26. The molecule has 0 fully saturated rings. The third kappa shape index (κ3) is 3.86. The van der Waals surface area contributed by atoms with E-state index in [1.54, 1.807) is 42.5 Å². The Labute approximate surface area is 153 Å². The lowest BCUT2D eigenvalue weighted by Gasteiger charge is -2.25. The molecule has 3 nitrogen and oxygen atoms in total. The molecule has 0 unspecified atom stereocenters. The van der Waals surface area contributed by atoms with Gasteiger partial charge in [-0.3, -0.25) is 4.31 Å². The highest BCUT2D eigenvalue weighted by atomic mass is 35.5. The Bertz CT molecular complexity index is 972. The van der Waals surface area contributed by atoms with Crippen LogP contribution in [0.3, 0.4) is 0 Å². The number of sulfonamides is 1. The van der Waals surface area contributed by atoms with Crippen LogP contribution in [0.25, 0.3) is 0 Å². The molecule has 25 heavy (non-hydrogen) atoms. The van der Waals surface area contributed by atoms with E-state index in [0.717, 1.165) is 11.1 Å². The zero-order valence-electron chi connectivity index (χ0n) is 13.8. The number of rotatable bonds is 5. The first kappa shape index (κ1) is 17.5. The molecule has 0 heterocycles. The molecule has 0 atom stereocenters. The summed E-state index contributed by atoms with van der Waals surface area (Å²) < 4.78 is 27.9. The summed E-state index contributed by atoms with van der Waals surface area (Å²) in [5.74, 6) is 0. The van der Waals surface area contributed by atoms with E-state index in [0.29, 0.717) is 10.7 Å². The van der Waals surface area contributed by atoms with Crippen molar-refractivity contribution < 1.29 is 8.42 Å². The first-order valence-corrected chi connectivity index (χ1v) is 9.68. The minimum Gasteiger partial charge on any atom is -0.262 e. The lowest BCUT2D eigenvalue weighted by molar-refractivity contribution is 0.590. The number of nitrogens with zero attached hydrogens (tertiary/aromatic N) is 1. The molecule has 0 saturated heterocycles. The Kier molecular flexibility index (Phi) is 5.11. The van der Waals surface area contributed by atoms with E-state index in [1.807, 2.05) is 43.3 Å². The van der Waals surface area contributed by atoms with E-state index in [1.165, 1.54) is 4.31 Å². The van der Waals surface area contributed by atoms with Gasteiger partial charge in [0.1, 0.15) is 0 Å². The van der Waals surface area contributed by atoms with E-state index in [-0.39, 0.29) is 11.4 Å². The minimum absolute atomic E-state index is 0.167. The van der Waals surface area contributed by atoms with Crippen LogP contribution >= 0.6 is 11.6 Å². The maximum absolute atomic E-state index is 13.2. The quantitative estimate of drug-likeness (QED) is 0.629. The predicted molar refractivity (Wildman–Crippen MR) is 102 cm³/mol. The van der Waals surface area contributed by atoms with Crippen molar-refractivity contribution in [2.24, 2.45) is 0 Å². The maximum Gasteiger partial charge on any atom is 0.264 e. The fourth-order valence-electron chi connectivity index (χ4n) is 2.60. The molecule has 0 radical (unpaired) electrons. The Balaban J connectivity index is 2.11. The summed E-state index contributed by atoms with van der Waals surface area (Å²) in [5.41, 5.74) is 2.36. The summed E-state index contributed by atoms with van der Waals surface area (Å²) in [6, 6.07) is 23.2. The van der Waals surface area contributed by atoms with Gasteiger partial charge < -0.3 is 0 Å². The Morgan fingerprint density at radius 2 is 1.56 bits per heavy atom. The third-order valence-electron chi connectivity index (χ3n) is 3.89. The highest BCUT2D eigenvalue weighted by Crippen LogP contribution is 2.28. The molecular weight excluding hydrogens is 354 g/mol. The SMILES string of the molecule is Cc1cccc(N(Cc2ccccc2Cl)S(=O)(=O)c2ccccc2)c1. The zero-order valence-corrected chi connectivity index (χ0v) is 15.3. The highest BCUT2D eigenvalue weighted by Gasteiger charge is 2.25. The molecule has 0 aliphatic heterocycles. The summed E-state index contributed by atoms with van der Waals surface area (Å²) in [6.07, 6.45) is 0. The molecule has 0 amide bonds. The van der Waals surface area contributed by atoms with Gasteiger partial charge in [0.15, 0.2) is 0 Å². The molecule has 0 N–H and O–H groups in total. The van der Waals surface area contributed by atoms with Crippen LogP contribution in [0.5, 0.6) is 0 Å². The first-order valence-electron chi connectivity index (χ1n) is 7.86. The van der Waals surface area contributed by atoms with E-state index in [4.69, 9.17) is 11.6 Å². The zero-order chi connectivity index (χ0) is 17.9. The van der Waals surface area contributed by atoms with Gasteiger partial charge in [-0.25, -0.2) is 8.42 Å². The van der Waals surface area contributed by atoms with E-state index in [9.17, 15) is 8.42 Å². The van der Waals surface area contributed by atoms with Crippen LogP contribution in [0, 0.1) is 6.92 Å². The van der Waals surface area contributed by atoms with Crippen molar-refractivity contribution in [1.82, 2.24) is 0 Å². The Morgan fingerprint density at radius 3 is 2.24 bits per heavy atom. The predicted octanol–water partition coefficient (Wildman–Crippen LogP) is 5.04. The summed E-state index contributed by atoms with van der Waals surface area (Å²) in [5, 5.41) is 0.545. The van der Waals surface area contributed by atoms with Crippen molar-refractivity contribution in [3.63, 3.8) is 0 Å². The molecule has 0 spiro atoms. The van der Waals surface area contributed by atoms with Gasteiger partial charge in [0.05, 0.1) is 17.1 Å². The number of benzene rings is 3. The van der Waals surface area contributed by atoms with E-state index in [2.05, 4.69) is 0 Å². The summed E-state index contributed by atoms with van der Waals surface area (Å²) in [7, 11) is -3.71. The summed E-state index contributed by atoms with van der Waals surface area (Å²) in [6.45, 7) is 2.10. The molecule has 0 aromatic heterocycles. The molecule has 3 aromatic rings. The normalized spacial score (nSPS) is 11.3. The van der Waals surface area contributed by atoms with Gasteiger partial charge in [-0.15, -0.1) is 0 Å². The molecule has 128 valence electrons. The molecule has 3 rings (SSSR count). The Hall–Kier alpha value is -2.30. The van der Waals surface area contributed by atoms with Crippen LogP contribution in [0.4, 0.5) is 5.69 Å². The lowest BCUT2D eigenvalue weighted by Crippen LogP contribution is -2.30. The molecule has 0 saturated carbocycles. The average molecular weight is 372 g/mol. The molecule has 5 heteroatoms. The summed E-state index contributed by atoms with van der Waals surface area (Å²) in [4.78, 5) is 0.253. The van der Waals surface area contributed by atoms with E-state index >= 15 is 0 Å². The topological polar surface area (TPSA) is 37.4 Å². The standard InChI is InChI=1S/C20H18ClNO2S/c1-16-8-7-10-18(14-16)22(15-17-9-5-6-13-20(17)21)25(23,24)19-11-3-2-4-12-19/h2-14H,15H2,1H3. The third-order valence-corrected chi connectivity index (χ3v) is 6.05. The van der Waals surface area contributed by atoms with Crippen molar-refractivity contribution >= 4 is 27.3 Å². The van der Waals surface area contributed by atoms with Crippen LogP contribution in [-0.2, 0) is 16.6 Å². The van der Waals surface area contributed by atoms with Crippen molar-refractivity contribution in [2.75, 3.05) is 4.31 Å². The van der Waals surface area contributed by atoms with Crippen molar-refractivity contribution in [3.05, 3.63) is 95.0 Å². The smallest absolute Gasteiger partial charge is 0.262 e. The lowest BCUT2D eigenvalue weighted by atomic mass is 10.2. The van der Waals surface area contributed by atoms with Gasteiger partial charge in [-0.2, -0.15) is 0 Å². The second-order valence-electron chi connectivity index (χ2n) is 5.76. The number of hydrogen-bond donors (Lipinski definition) is 0. The minimum atomic E-state index is -3.71. The highest BCUT2D eigenvalue weighted by molar-refractivity contribution is 7.92. The number of anilines is 1. The molecule has 3 aromatic carbocycles. The van der Waals surface area contributed by atoms with Gasteiger partial charge in [-0.05, 0) is 48.4 Å². The van der Waals surface area contributed by atoms with Crippen LogP contribution in [0.1, 0.15) is 11.1 Å². The Morgan fingerprint density at radius 1 is 0.880 bits per heavy atom. The fourth-order valence-corrected chi connectivity index (χ4v) is 4.25. The average Bonchev–Trinajstić information content (AvgIpc) is 2.61. The van der Waals surface area contributed by atoms with Gasteiger partial charge in [-0.1, -0.05) is 60.1 Å². The van der Waals surface area contributed by atoms with Gasteiger partial charge >= 0.3 is 0 Å². The van der Waals surface area contributed by atoms with Crippen LogP contribution in [0.2, 0.25) is 5.02 Å². The number of halogens is 1. The van der Waals surface area contributed by atoms with Crippen LogP contribution in [-0.4, -0.2) is 8.42 Å². The monoisotopic (exact) mass is 371 g/mol. The van der Waals surface area contributed by atoms with Crippen molar-refractivity contribution in [2.45, 2.75) is 18.4 Å². The van der Waals surface area contributed by atoms with E-state index < -0.39 is 10.0 Å². The largest absolute Gasteiger partial charge is 0.264 e. The van der Waals surface area contributed by atoms with Gasteiger partial charge in [0.25, 0.3) is 10.0 Å². The second kappa shape index (κ2) is 7.30. The van der Waals surface area contributed by atoms with Crippen molar-refractivity contribution in [1.29, 1.82) is 0 Å². The number of aryl methyl sites for hydroxylation is 1. The molecule has 0 aliphatic rings. The molecule has 0 aliphatic carbocycles. The molecular formula is C20H18ClNO2S. The molecule has 0 bridgehead atoms. The first-order chi connectivity index (χ1) is 12.0. The second-order valence-corrected chi connectivity index (χ2v) is 8.02. The van der Waals surface area contributed by atoms with Crippen LogP contribution in [0.15, 0.2) is 83.8 Å². The maximum atomic E-state index is 13.2. The van der Waals surface area contributed by atoms with Crippen LogP contribution < -0.4 is 4.31 Å². The van der Waals surface area contributed by atoms with Gasteiger partial charge in [0.2, 0.25) is 0 Å².